The van der Waals surface area contributed by atoms with Crippen LogP contribution in [0.1, 0.15) is 43.8 Å². The highest BCUT2D eigenvalue weighted by atomic mass is 19.1. The van der Waals surface area contributed by atoms with Gasteiger partial charge in [0.05, 0.1) is 18.6 Å². The van der Waals surface area contributed by atoms with Gasteiger partial charge in [0, 0.05) is 13.2 Å². The Bertz CT molecular complexity index is 461. The van der Waals surface area contributed by atoms with Crippen molar-refractivity contribution in [2.24, 2.45) is 0 Å². The molecule has 2 N–H and O–H groups in total. The molecule has 5 heteroatoms. The molecule has 0 aromatic heterocycles. The van der Waals surface area contributed by atoms with E-state index in [1.807, 2.05) is 0 Å². The zero-order valence-electron chi connectivity index (χ0n) is 12.1. The number of ether oxygens (including phenoxy) is 1. The van der Waals surface area contributed by atoms with E-state index in [1.165, 1.54) is 24.6 Å². The molecule has 0 bridgehead atoms. The molecule has 2 rings (SSSR count). The van der Waals surface area contributed by atoms with Crippen LogP contribution in [0.3, 0.4) is 0 Å². The first kappa shape index (κ1) is 15.9. The quantitative estimate of drug-likeness (QED) is 0.847. The fourth-order valence-corrected chi connectivity index (χ4v) is 2.49. The molecule has 0 saturated carbocycles. The third kappa shape index (κ3) is 5.44. The molecule has 0 radical (unpaired) electrons. The molecule has 0 spiro atoms. The summed E-state index contributed by atoms with van der Waals surface area (Å²) < 4.78 is 18.6. The van der Waals surface area contributed by atoms with Crippen LogP contribution in [0.5, 0.6) is 0 Å². The second-order valence-corrected chi connectivity index (χ2v) is 5.40. The maximum atomic E-state index is 13.0. The van der Waals surface area contributed by atoms with Crippen molar-refractivity contribution in [2.75, 3.05) is 13.2 Å². The zero-order valence-corrected chi connectivity index (χ0v) is 12.1. The summed E-state index contributed by atoms with van der Waals surface area (Å²) in [6.45, 7) is 1.34. The molecule has 21 heavy (non-hydrogen) atoms. The van der Waals surface area contributed by atoms with Crippen LogP contribution < -0.4 is 5.32 Å². The van der Waals surface area contributed by atoms with Crippen LogP contribution >= 0.6 is 0 Å². The van der Waals surface area contributed by atoms with Gasteiger partial charge in [-0.15, -0.1) is 0 Å². The Morgan fingerprint density at radius 3 is 3.05 bits per heavy atom. The van der Waals surface area contributed by atoms with E-state index >= 15 is 0 Å². The number of hydrogen-bond donors (Lipinski definition) is 2. The lowest BCUT2D eigenvalue weighted by Crippen LogP contribution is -2.30. The molecule has 1 aliphatic heterocycles. The summed E-state index contributed by atoms with van der Waals surface area (Å²) in [7, 11) is 0. The van der Waals surface area contributed by atoms with Crippen LogP contribution in [-0.4, -0.2) is 30.3 Å². The average Bonchev–Trinajstić information content (AvgIpc) is 2.48. The highest BCUT2D eigenvalue weighted by Crippen LogP contribution is 2.18. The van der Waals surface area contributed by atoms with E-state index in [2.05, 4.69) is 5.32 Å². The van der Waals surface area contributed by atoms with Gasteiger partial charge < -0.3 is 15.2 Å². The summed E-state index contributed by atoms with van der Waals surface area (Å²) in [5, 5.41) is 12.7. The van der Waals surface area contributed by atoms with Crippen LogP contribution in [0.4, 0.5) is 4.39 Å². The van der Waals surface area contributed by atoms with Crippen molar-refractivity contribution in [3.8, 4) is 0 Å². The molecule has 4 nitrogen and oxygen atoms in total. The lowest BCUT2D eigenvalue weighted by atomic mass is 10.1. The third-order valence-electron chi connectivity index (χ3n) is 3.67. The van der Waals surface area contributed by atoms with Gasteiger partial charge in [0.2, 0.25) is 5.91 Å². The van der Waals surface area contributed by atoms with Gasteiger partial charge in [-0.25, -0.2) is 4.39 Å². The Hall–Kier alpha value is -1.46. The van der Waals surface area contributed by atoms with Gasteiger partial charge in [0.15, 0.2) is 0 Å². The van der Waals surface area contributed by atoms with E-state index in [-0.39, 0.29) is 18.4 Å². The number of halogens is 1. The van der Waals surface area contributed by atoms with Crippen molar-refractivity contribution in [3.63, 3.8) is 0 Å². The maximum absolute atomic E-state index is 13.0. The van der Waals surface area contributed by atoms with E-state index < -0.39 is 11.9 Å². The molecule has 1 aromatic rings. The lowest BCUT2D eigenvalue weighted by Gasteiger charge is -2.22. The van der Waals surface area contributed by atoms with Gasteiger partial charge in [-0.05, 0) is 43.4 Å². The molecular formula is C16H22FNO3. The number of amides is 1. The average molecular weight is 295 g/mol. The summed E-state index contributed by atoms with van der Waals surface area (Å²) in [5.74, 6) is -0.649. The van der Waals surface area contributed by atoms with E-state index in [4.69, 9.17) is 4.74 Å². The SMILES string of the molecule is O=C(C[C@H](O)c1cccc(F)c1)NCC[C@@H]1CCCCO1. The van der Waals surface area contributed by atoms with Gasteiger partial charge >= 0.3 is 0 Å². The summed E-state index contributed by atoms with van der Waals surface area (Å²) in [6.07, 6.45) is 3.32. The molecule has 1 saturated heterocycles. The normalized spacial score (nSPS) is 20.0. The second kappa shape index (κ2) is 8.10. The minimum atomic E-state index is -0.980. The third-order valence-corrected chi connectivity index (χ3v) is 3.67. The Morgan fingerprint density at radius 2 is 2.33 bits per heavy atom. The predicted molar refractivity (Wildman–Crippen MR) is 77.2 cm³/mol. The Morgan fingerprint density at radius 1 is 1.48 bits per heavy atom. The van der Waals surface area contributed by atoms with Gasteiger partial charge in [-0.3, -0.25) is 4.79 Å². The zero-order chi connectivity index (χ0) is 15.1. The topological polar surface area (TPSA) is 58.6 Å². The van der Waals surface area contributed by atoms with Crippen LogP contribution in [0.15, 0.2) is 24.3 Å². The number of rotatable bonds is 6. The van der Waals surface area contributed by atoms with Crippen molar-refractivity contribution in [2.45, 2.75) is 44.3 Å². The molecule has 1 fully saturated rings. The minimum Gasteiger partial charge on any atom is -0.388 e. The van der Waals surface area contributed by atoms with E-state index in [0.717, 1.165) is 25.9 Å². The number of nitrogens with one attached hydrogen (secondary N) is 1. The first-order valence-electron chi connectivity index (χ1n) is 7.47. The molecular weight excluding hydrogens is 273 g/mol. The maximum Gasteiger partial charge on any atom is 0.222 e. The van der Waals surface area contributed by atoms with Gasteiger partial charge in [-0.2, -0.15) is 0 Å². The Kier molecular flexibility index (Phi) is 6.14. The summed E-state index contributed by atoms with van der Waals surface area (Å²) in [6, 6.07) is 5.68. The fraction of sp³-hybridized carbons (Fsp3) is 0.562. The number of hydrogen-bond acceptors (Lipinski definition) is 3. The predicted octanol–water partition coefficient (Wildman–Crippen LogP) is 2.32. The molecule has 2 atom stereocenters. The second-order valence-electron chi connectivity index (χ2n) is 5.40. The standard InChI is InChI=1S/C16H22FNO3/c17-13-5-3-4-12(10-13)15(19)11-16(20)18-8-7-14-6-1-2-9-21-14/h3-5,10,14-15,19H,1-2,6-9,11H2,(H,18,20)/t14-,15-/m0/s1. The van der Waals surface area contributed by atoms with Crippen LogP contribution in [0.25, 0.3) is 0 Å². The molecule has 0 unspecified atom stereocenters. The molecule has 0 aliphatic carbocycles. The van der Waals surface area contributed by atoms with Gasteiger partial charge in [0.25, 0.3) is 0 Å². The summed E-state index contributed by atoms with van der Waals surface area (Å²) in [5.41, 5.74) is 0.417. The monoisotopic (exact) mass is 295 g/mol. The molecule has 1 aliphatic rings. The molecule has 1 aromatic carbocycles. The number of aliphatic hydroxyl groups excluding tert-OH is 1. The summed E-state index contributed by atoms with van der Waals surface area (Å²) >= 11 is 0. The first-order chi connectivity index (χ1) is 10.1. The fourth-order valence-electron chi connectivity index (χ4n) is 2.49. The number of carbonyl (C=O) groups excluding carboxylic acids is 1. The number of benzene rings is 1. The van der Waals surface area contributed by atoms with Crippen molar-refractivity contribution in [3.05, 3.63) is 35.6 Å². The largest absolute Gasteiger partial charge is 0.388 e. The smallest absolute Gasteiger partial charge is 0.222 e. The number of carbonyl (C=O) groups is 1. The summed E-state index contributed by atoms with van der Waals surface area (Å²) in [4.78, 5) is 11.7. The van der Waals surface area contributed by atoms with Crippen molar-refractivity contribution >= 4 is 5.91 Å². The van der Waals surface area contributed by atoms with Crippen molar-refractivity contribution in [1.82, 2.24) is 5.32 Å². The van der Waals surface area contributed by atoms with Crippen LogP contribution in [-0.2, 0) is 9.53 Å². The van der Waals surface area contributed by atoms with E-state index in [9.17, 15) is 14.3 Å². The minimum absolute atomic E-state index is 0.0605. The van der Waals surface area contributed by atoms with Gasteiger partial charge in [-0.1, -0.05) is 12.1 Å². The van der Waals surface area contributed by atoms with Gasteiger partial charge in [0.1, 0.15) is 5.82 Å². The molecule has 1 amide bonds. The van der Waals surface area contributed by atoms with Crippen molar-refractivity contribution in [1.29, 1.82) is 0 Å². The van der Waals surface area contributed by atoms with E-state index in [0.29, 0.717) is 12.1 Å². The Labute approximate surface area is 124 Å². The molecule has 116 valence electrons. The highest BCUT2D eigenvalue weighted by Gasteiger charge is 2.16. The highest BCUT2D eigenvalue weighted by molar-refractivity contribution is 5.76. The van der Waals surface area contributed by atoms with Crippen LogP contribution in [0.2, 0.25) is 0 Å². The Balaban J connectivity index is 1.69. The molecule has 1 heterocycles. The first-order valence-corrected chi connectivity index (χ1v) is 7.47. The van der Waals surface area contributed by atoms with Crippen molar-refractivity contribution < 1.29 is 19.0 Å². The lowest BCUT2D eigenvalue weighted by molar-refractivity contribution is -0.123. The van der Waals surface area contributed by atoms with E-state index in [1.54, 1.807) is 6.07 Å². The number of aliphatic hydroxyl groups is 1. The van der Waals surface area contributed by atoms with Crippen LogP contribution in [0, 0.1) is 5.82 Å².